The maximum atomic E-state index is 12.4. The Morgan fingerprint density at radius 3 is 2.82 bits per heavy atom. The molecule has 4 rings (SSSR count). The summed E-state index contributed by atoms with van der Waals surface area (Å²) >= 11 is 1.01. The van der Waals surface area contributed by atoms with E-state index in [2.05, 4.69) is 0 Å². The van der Waals surface area contributed by atoms with Crippen LogP contribution in [0, 0.1) is 10.1 Å². The molecule has 1 fully saturated rings. The molecule has 1 aromatic carbocycles. The highest BCUT2D eigenvalue weighted by Crippen LogP contribution is 2.36. The van der Waals surface area contributed by atoms with Gasteiger partial charge in [0, 0.05) is 30.2 Å². The summed E-state index contributed by atoms with van der Waals surface area (Å²) in [5, 5.41) is 21.5. The molecule has 0 unspecified atom stereocenters. The maximum absolute atomic E-state index is 12.4. The van der Waals surface area contributed by atoms with Gasteiger partial charge in [-0.2, -0.15) is 0 Å². The molecule has 146 valence electrons. The van der Waals surface area contributed by atoms with Gasteiger partial charge in [-0.3, -0.25) is 19.5 Å². The number of nitro groups is 1. The van der Waals surface area contributed by atoms with Crippen LogP contribution < -0.4 is 4.87 Å². The fourth-order valence-corrected chi connectivity index (χ4v) is 4.65. The third-order valence-electron chi connectivity index (χ3n) is 5.15. The molecular formula is C20H20N2O5S. The molecule has 0 atom stereocenters. The van der Waals surface area contributed by atoms with Crippen LogP contribution in [0.5, 0.6) is 5.88 Å². The molecule has 1 aromatic heterocycles. The number of rotatable bonds is 4. The fraction of sp³-hybridized carbons (Fsp3) is 0.350. The lowest BCUT2D eigenvalue weighted by Crippen LogP contribution is -2.21. The van der Waals surface area contributed by atoms with Crippen molar-refractivity contribution in [3.8, 4) is 5.88 Å². The van der Waals surface area contributed by atoms with Crippen LogP contribution in [0.25, 0.3) is 11.8 Å². The van der Waals surface area contributed by atoms with Gasteiger partial charge in [0.25, 0.3) is 5.69 Å². The SMILES string of the molecule is O=c1sc(C=C2CC=C(c3cccc([N+](=O)[O-])c3)O2)c(O)n1C1CCCCC1. The number of allylic oxidation sites excluding steroid dienone is 1. The summed E-state index contributed by atoms with van der Waals surface area (Å²) in [5.41, 5.74) is 0.620. The molecule has 2 aliphatic rings. The highest BCUT2D eigenvalue weighted by atomic mass is 32.1. The van der Waals surface area contributed by atoms with Gasteiger partial charge in [-0.1, -0.05) is 42.7 Å². The Labute approximate surface area is 165 Å². The number of nitro benzene ring substituents is 1. The zero-order valence-electron chi connectivity index (χ0n) is 15.2. The van der Waals surface area contributed by atoms with E-state index in [0.717, 1.165) is 37.0 Å². The smallest absolute Gasteiger partial charge is 0.310 e. The van der Waals surface area contributed by atoms with E-state index in [9.17, 15) is 20.0 Å². The van der Waals surface area contributed by atoms with E-state index in [-0.39, 0.29) is 22.5 Å². The van der Waals surface area contributed by atoms with Crippen molar-refractivity contribution in [1.82, 2.24) is 4.57 Å². The molecule has 1 aliphatic heterocycles. The first-order valence-corrected chi connectivity index (χ1v) is 10.1. The average Bonchev–Trinajstić information content (AvgIpc) is 3.27. The predicted octanol–water partition coefficient (Wildman–Crippen LogP) is 4.83. The van der Waals surface area contributed by atoms with Crippen LogP contribution in [0.15, 0.2) is 40.9 Å². The Kier molecular flexibility index (Phi) is 5.04. The van der Waals surface area contributed by atoms with E-state index in [1.54, 1.807) is 18.2 Å². The second kappa shape index (κ2) is 7.63. The quantitative estimate of drug-likeness (QED) is 0.586. The van der Waals surface area contributed by atoms with Crippen LogP contribution in [-0.2, 0) is 4.74 Å². The molecule has 1 N–H and O–H groups in total. The van der Waals surface area contributed by atoms with E-state index >= 15 is 0 Å². The normalized spacial score (nSPS) is 18.9. The fourth-order valence-electron chi connectivity index (χ4n) is 3.75. The number of hydrogen-bond donors (Lipinski definition) is 1. The van der Waals surface area contributed by atoms with E-state index in [1.165, 1.54) is 23.1 Å². The topological polar surface area (TPSA) is 94.6 Å². The number of hydrogen-bond acceptors (Lipinski definition) is 6. The first-order valence-electron chi connectivity index (χ1n) is 9.30. The number of benzene rings is 1. The Hall–Kier alpha value is -2.87. The molecule has 0 amide bonds. The Morgan fingerprint density at radius 1 is 1.29 bits per heavy atom. The summed E-state index contributed by atoms with van der Waals surface area (Å²) in [6.07, 6.45) is 9.15. The van der Waals surface area contributed by atoms with Crippen LogP contribution in [0.1, 0.15) is 55.0 Å². The molecular weight excluding hydrogens is 380 g/mol. The minimum absolute atomic E-state index is 0.000138. The zero-order chi connectivity index (χ0) is 19.7. The molecule has 0 spiro atoms. The van der Waals surface area contributed by atoms with Crippen LogP contribution in [0.3, 0.4) is 0 Å². The predicted molar refractivity (Wildman–Crippen MR) is 107 cm³/mol. The molecule has 2 heterocycles. The van der Waals surface area contributed by atoms with E-state index in [4.69, 9.17) is 4.74 Å². The van der Waals surface area contributed by atoms with Crippen LogP contribution in [-0.4, -0.2) is 14.6 Å². The van der Waals surface area contributed by atoms with Crippen molar-refractivity contribution in [2.75, 3.05) is 0 Å². The second-order valence-electron chi connectivity index (χ2n) is 7.01. The van der Waals surface area contributed by atoms with Crippen molar-refractivity contribution in [3.05, 3.63) is 66.3 Å². The summed E-state index contributed by atoms with van der Waals surface area (Å²) in [6, 6.07) is 6.31. The van der Waals surface area contributed by atoms with E-state index in [1.807, 2.05) is 6.08 Å². The van der Waals surface area contributed by atoms with Crippen molar-refractivity contribution in [3.63, 3.8) is 0 Å². The lowest BCUT2D eigenvalue weighted by molar-refractivity contribution is -0.384. The van der Waals surface area contributed by atoms with Crippen LogP contribution in [0.2, 0.25) is 0 Å². The van der Waals surface area contributed by atoms with Gasteiger partial charge < -0.3 is 9.84 Å². The number of nitrogens with zero attached hydrogens (tertiary/aromatic N) is 2. The summed E-state index contributed by atoms with van der Waals surface area (Å²) in [4.78, 5) is 23.2. The molecule has 8 heteroatoms. The minimum Gasteiger partial charge on any atom is -0.493 e. The van der Waals surface area contributed by atoms with Gasteiger partial charge in [-0.15, -0.1) is 0 Å². The van der Waals surface area contributed by atoms with E-state index < -0.39 is 4.92 Å². The Balaban J connectivity index is 1.55. The van der Waals surface area contributed by atoms with Crippen molar-refractivity contribution < 1.29 is 14.8 Å². The number of thiazole rings is 1. The third kappa shape index (κ3) is 3.60. The van der Waals surface area contributed by atoms with E-state index in [0.29, 0.717) is 28.4 Å². The largest absolute Gasteiger partial charge is 0.493 e. The molecule has 1 aliphatic carbocycles. The number of ether oxygens (including phenoxy) is 1. The standard InChI is InChI=1S/C20H20N2O5S/c23-19-18(28-20(24)21(19)14-6-2-1-3-7-14)12-16-9-10-17(27-16)13-5-4-8-15(11-13)22(25)26/h4-5,8,10-12,14,23H,1-3,6-7,9H2. The van der Waals surface area contributed by atoms with Gasteiger partial charge in [0.15, 0.2) is 0 Å². The summed E-state index contributed by atoms with van der Waals surface area (Å²) < 4.78 is 7.33. The number of non-ortho nitro benzene ring substituents is 1. The highest BCUT2D eigenvalue weighted by molar-refractivity contribution is 7.10. The second-order valence-corrected chi connectivity index (χ2v) is 8.00. The van der Waals surface area contributed by atoms with Crippen molar-refractivity contribution >= 4 is 28.9 Å². The van der Waals surface area contributed by atoms with Gasteiger partial charge in [-0.05, 0) is 25.0 Å². The van der Waals surface area contributed by atoms with Gasteiger partial charge in [0.05, 0.1) is 9.80 Å². The average molecular weight is 400 g/mol. The monoisotopic (exact) mass is 400 g/mol. The summed E-state index contributed by atoms with van der Waals surface area (Å²) in [7, 11) is 0. The van der Waals surface area contributed by atoms with Gasteiger partial charge in [0.1, 0.15) is 11.5 Å². The van der Waals surface area contributed by atoms with Gasteiger partial charge >= 0.3 is 4.87 Å². The number of aromatic nitrogens is 1. The molecule has 0 saturated heterocycles. The van der Waals surface area contributed by atoms with Crippen LogP contribution in [0.4, 0.5) is 5.69 Å². The number of aromatic hydroxyl groups is 1. The lowest BCUT2D eigenvalue weighted by Gasteiger charge is -2.22. The lowest BCUT2D eigenvalue weighted by atomic mass is 9.95. The molecule has 1 saturated carbocycles. The highest BCUT2D eigenvalue weighted by Gasteiger charge is 2.24. The Morgan fingerprint density at radius 2 is 2.07 bits per heavy atom. The van der Waals surface area contributed by atoms with Crippen molar-refractivity contribution in [1.29, 1.82) is 0 Å². The Bertz CT molecular complexity index is 1030. The summed E-state index contributed by atoms with van der Waals surface area (Å²) in [5.74, 6) is 1.13. The van der Waals surface area contributed by atoms with Crippen molar-refractivity contribution in [2.45, 2.75) is 44.6 Å². The first kappa shape index (κ1) is 18.5. The molecule has 0 bridgehead atoms. The van der Waals surface area contributed by atoms with Gasteiger partial charge in [0.2, 0.25) is 5.88 Å². The molecule has 28 heavy (non-hydrogen) atoms. The first-order chi connectivity index (χ1) is 13.5. The van der Waals surface area contributed by atoms with Crippen LogP contribution >= 0.6 is 11.3 Å². The zero-order valence-corrected chi connectivity index (χ0v) is 16.0. The van der Waals surface area contributed by atoms with Crippen molar-refractivity contribution in [2.24, 2.45) is 0 Å². The molecule has 7 nitrogen and oxygen atoms in total. The minimum atomic E-state index is -0.445. The summed E-state index contributed by atoms with van der Waals surface area (Å²) in [6.45, 7) is 0. The van der Waals surface area contributed by atoms with Gasteiger partial charge in [-0.25, -0.2) is 0 Å². The maximum Gasteiger partial charge on any atom is 0.310 e. The molecule has 2 aromatic rings. The molecule has 0 radical (unpaired) electrons. The third-order valence-corrected chi connectivity index (χ3v) is 6.04.